The van der Waals surface area contributed by atoms with E-state index in [0.717, 1.165) is 39.7 Å². The average molecular weight is 303 g/mol. The van der Waals surface area contributed by atoms with Crippen LogP contribution in [0.15, 0.2) is 24.3 Å². The molecule has 0 radical (unpaired) electrons. The number of carbonyl (C=O) groups is 1. The molecule has 1 N–H and O–H groups in total. The third-order valence-corrected chi connectivity index (χ3v) is 4.44. The highest BCUT2D eigenvalue weighted by atomic mass is 32.1. The Morgan fingerprint density at radius 2 is 2.29 bits per heavy atom. The Labute approximate surface area is 127 Å². The molecule has 1 aromatic heterocycles. The van der Waals surface area contributed by atoms with Crippen molar-refractivity contribution < 1.29 is 14.6 Å². The van der Waals surface area contributed by atoms with Crippen LogP contribution in [0.5, 0.6) is 5.75 Å². The minimum absolute atomic E-state index is 0.0634. The van der Waals surface area contributed by atoms with Gasteiger partial charge in [-0.1, -0.05) is 12.1 Å². The molecule has 0 spiro atoms. The molecule has 110 valence electrons. The van der Waals surface area contributed by atoms with E-state index in [9.17, 15) is 4.79 Å². The van der Waals surface area contributed by atoms with Crippen LogP contribution in [0, 0.1) is 6.92 Å². The van der Waals surface area contributed by atoms with Gasteiger partial charge in [-0.15, -0.1) is 11.3 Å². The molecule has 1 saturated carbocycles. The summed E-state index contributed by atoms with van der Waals surface area (Å²) in [6.07, 6.45) is 2.30. The first-order chi connectivity index (χ1) is 10.1. The van der Waals surface area contributed by atoms with Gasteiger partial charge in [0, 0.05) is 10.8 Å². The van der Waals surface area contributed by atoms with Gasteiger partial charge in [-0.05, 0) is 37.5 Å². The highest BCUT2D eigenvalue weighted by Gasteiger charge is 2.30. The van der Waals surface area contributed by atoms with Crippen LogP contribution in [0.3, 0.4) is 0 Å². The van der Waals surface area contributed by atoms with E-state index in [1.54, 1.807) is 0 Å². The van der Waals surface area contributed by atoms with Gasteiger partial charge >= 0.3 is 5.97 Å². The minimum Gasteiger partial charge on any atom is -0.486 e. The molecule has 1 aromatic carbocycles. The zero-order valence-electron chi connectivity index (χ0n) is 11.8. The van der Waals surface area contributed by atoms with E-state index in [0.29, 0.717) is 12.5 Å². The summed E-state index contributed by atoms with van der Waals surface area (Å²) in [4.78, 5) is 16.4. The molecule has 0 bridgehead atoms. The summed E-state index contributed by atoms with van der Waals surface area (Å²) in [5.74, 6) is 0.480. The van der Waals surface area contributed by atoms with E-state index in [1.165, 1.54) is 11.3 Å². The van der Waals surface area contributed by atoms with Gasteiger partial charge in [-0.25, -0.2) is 4.98 Å². The summed E-state index contributed by atoms with van der Waals surface area (Å²) < 4.78 is 5.75. The minimum atomic E-state index is -0.799. The van der Waals surface area contributed by atoms with E-state index in [2.05, 4.69) is 4.98 Å². The van der Waals surface area contributed by atoms with Crippen LogP contribution in [0.2, 0.25) is 0 Å². The topological polar surface area (TPSA) is 59.4 Å². The van der Waals surface area contributed by atoms with Gasteiger partial charge in [-0.2, -0.15) is 0 Å². The summed E-state index contributed by atoms with van der Waals surface area (Å²) in [5, 5.41) is 9.85. The number of hydrogen-bond donors (Lipinski definition) is 1. The molecule has 0 amide bonds. The van der Waals surface area contributed by atoms with E-state index >= 15 is 0 Å². The van der Waals surface area contributed by atoms with Gasteiger partial charge in [0.05, 0.1) is 12.1 Å². The fraction of sp³-hybridized carbons (Fsp3) is 0.375. The fourth-order valence-corrected chi connectivity index (χ4v) is 3.32. The van der Waals surface area contributed by atoms with Gasteiger partial charge < -0.3 is 9.84 Å². The Morgan fingerprint density at radius 3 is 2.95 bits per heavy atom. The van der Waals surface area contributed by atoms with E-state index < -0.39 is 5.97 Å². The molecule has 2 aromatic rings. The summed E-state index contributed by atoms with van der Waals surface area (Å²) >= 11 is 1.46. The average Bonchev–Trinajstić information content (AvgIpc) is 3.19. The van der Waals surface area contributed by atoms with Gasteiger partial charge in [0.25, 0.3) is 0 Å². The summed E-state index contributed by atoms with van der Waals surface area (Å²) in [6, 6.07) is 7.87. The van der Waals surface area contributed by atoms with Crippen molar-refractivity contribution in [1.82, 2.24) is 4.98 Å². The number of aliphatic carboxylic acids is 1. The van der Waals surface area contributed by atoms with Crippen molar-refractivity contribution in [2.45, 2.75) is 38.7 Å². The van der Waals surface area contributed by atoms with Crippen LogP contribution in [0.25, 0.3) is 0 Å². The second-order valence-electron chi connectivity index (χ2n) is 5.37. The number of rotatable bonds is 6. The third kappa shape index (κ3) is 3.61. The number of hydrogen-bond acceptors (Lipinski definition) is 4. The second kappa shape index (κ2) is 5.85. The van der Waals surface area contributed by atoms with Crippen molar-refractivity contribution >= 4 is 17.3 Å². The maximum atomic E-state index is 10.9. The molecular weight excluding hydrogens is 286 g/mol. The number of thiazole rings is 1. The number of benzene rings is 1. The quantitative estimate of drug-likeness (QED) is 0.887. The highest BCUT2D eigenvalue weighted by Crippen LogP contribution is 2.42. The largest absolute Gasteiger partial charge is 0.486 e. The number of nitrogens with zero attached hydrogens (tertiary/aromatic N) is 1. The van der Waals surface area contributed by atoms with E-state index in [-0.39, 0.29) is 6.42 Å². The molecule has 1 aliphatic rings. The van der Waals surface area contributed by atoms with E-state index in [1.807, 2.05) is 31.2 Å². The van der Waals surface area contributed by atoms with Crippen LogP contribution in [0.1, 0.15) is 39.9 Å². The summed E-state index contributed by atoms with van der Waals surface area (Å²) in [6.45, 7) is 2.42. The zero-order chi connectivity index (χ0) is 14.8. The van der Waals surface area contributed by atoms with E-state index in [4.69, 9.17) is 9.84 Å². The molecule has 0 saturated heterocycles. The van der Waals surface area contributed by atoms with Gasteiger partial charge in [0.15, 0.2) is 0 Å². The molecule has 0 atom stereocenters. The lowest BCUT2D eigenvalue weighted by Crippen LogP contribution is -2.00. The highest BCUT2D eigenvalue weighted by molar-refractivity contribution is 7.11. The number of ether oxygens (including phenoxy) is 1. The van der Waals surface area contributed by atoms with Crippen LogP contribution in [0.4, 0.5) is 0 Å². The maximum Gasteiger partial charge on any atom is 0.308 e. The van der Waals surface area contributed by atoms with Crippen molar-refractivity contribution in [2.75, 3.05) is 0 Å². The SMILES string of the molecule is Cc1cccc(OCc2nc(C3CC3)c(CC(=O)O)s2)c1. The lowest BCUT2D eigenvalue weighted by atomic mass is 10.2. The van der Waals surface area contributed by atoms with Crippen molar-refractivity contribution in [2.24, 2.45) is 0 Å². The Bertz CT molecular complexity index is 661. The first-order valence-electron chi connectivity index (χ1n) is 7.01. The molecule has 5 heteroatoms. The molecule has 21 heavy (non-hydrogen) atoms. The molecule has 1 fully saturated rings. The first-order valence-corrected chi connectivity index (χ1v) is 7.83. The Hall–Kier alpha value is -1.88. The van der Waals surface area contributed by atoms with Crippen molar-refractivity contribution in [1.29, 1.82) is 0 Å². The van der Waals surface area contributed by atoms with Crippen LogP contribution < -0.4 is 4.74 Å². The predicted molar refractivity (Wildman–Crippen MR) is 80.9 cm³/mol. The smallest absolute Gasteiger partial charge is 0.308 e. The van der Waals surface area contributed by atoms with Gasteiger partial charge in [-0.3, -0.25) is 4.79 Å². The molecule has 1 heterocycles. The maximum absolute atomic E-state index is 10.9. The fourth-order valence-electron chi connectivity index (χ4n) is 2.27. The predicted octanol–water partition coefficient (Wildman–Crippen LogP) is 3.54. The number of aromatic nitrogens is 1. The van der Waals surface area contributed by atoms with Crippen molar-refractivity contribution in [3.8, 4) is 5.75 Å². The van der Waals surface area contributed by atoms with Crippen LogP contribution >= 0.6 is 11.3 Å². The summed E-state index contributed by atoms with van der Waals surface area (Å²) in [7, 11) is 0. The number of carboxylic acid groups (broad SMARTS) is 1. The number of carboxylic acids is 1. The second-order valence-corrected chi connectivity index (χ2v) is 6.53. The third-order valence-electron chi connectivity index (χ3n) is 3.40. The monoisotopic (exact) mass is 303 g/mol. The lowest BCUT2D eigenvalue weighted by Gasteiger charge is -2.04. The standard InChI is InChI=1S/C16H17NO3S/c1-10-3-2-4-12(7-10)20-9-14-17-16(11-5-6-11)13(21-14)8-15(18)19/h2-4,7,11H,5-6,8-9H2,1H3,(H,18,19). The Balaban J connectivity index is 1.71. The van der Waals surface area contributed by atoms with Crippen molar-refractivity contribution in [3.63, 3.8) is 0 Å². The molecule has 1 aliphatic carbocycles. The zero-order valence-corrected chi connectivity index (χ0v) is 12.7. The molecule has 3 rings (SSSR count). The molecule has 0 unspecified atom stereocenters. The molecular formula is C16H17NO3S. The van der Waals surface area contributed by atoms with Crippen molar-refractivity contribution in [3.05, 3.63) is 45.4 Å². The molecule has 4 nitrogen and oxygen atoms in total. The Morgan fingerprint density at radius 1 is 1.48 bits per heavy atom. The van der Waals surface area contributed by atoms with Crippen LogP contribution in [-0.4, -0.2) is 16.1 Å². The Kier molecular flexibility index (Phi) is 3.92. The first kappa shape index (κ1) is 14.1. The van der Waals surface area contributed by atoms with Gasteiger partial charge in [0.1, 0.15) is 17.4 Å². The molecule has 0 aliphatic heterocycles. The summed E-state index contributed by atoms with van der Waals surface area (Å²) in [5.41, 5.74) is 2.13. The number of aryl methyl sites for hydroxylation is 1. The normalized spacial score (nSPS) is 14.1. The van der Waals surface area contributed by atoms with Crippen LogP contribution in [-0.2, 0) is 17.8 Å². The van der Waals surface area contributed by atoms with Gasteiger partial charge in [0.2, 0.25) is 0 Å². The lowest BCUT2D eigenvalue weighted by molar-refractivity contribution is -0.136.